The zero-order valence-electron chi connectivity index (χ0n) is 35.5. The summed E-state index contributed by atoms with van der Waals surface area (Å²) in [5.41, 5.74) is 15.4. The van der Waals surface area contributed by atoms with Crippen molar-refractivity contribution in [3.63, 3.8) is 0 Å². The fourth-order valence-corrected chi connectivity index (χ4v) is 11.8. The topological polar surface area (TPSA) is 3.24 Å². The average molecular weight is 844 g/mol. The Balaban J connectivity index is 0.940. The molecule has 1 heterocycles. The molecule has 0 radical (unpaired) electrons. The number of fused-ring (bicyclic) bond motifs is 8. The molecule has 0 aliphatic heterocycles. The van der Waals surface area contributed by atoms with E-state index < -0.39 is 5.41 Å². The molecule has 0 saturated carbocycles. The molecule has 12 aromatic rings. The zero-order chi connectivity index (χ0) is 42.9. The van der Waals surface area contributed by atoms with Crippen LogP contribution in [0, 0.1) is 0 Å². The number of rotatable bonds is 7. The van der Waals surface area contributed by atoms with Crippen LogP contribution in [0.3, 0.4) is 0 Å². The molecule has 0 N–H and O–H groups in total. The first kappa shape index (κ1) is 37.5. The van der Waals surface area contributed by atoms with Crippen LogP contribution in [0.2, 0.25) is 0 Å². The molecule has 304 valence electrons. The Bertz CT molecular complexity index is 3730. The monoisotopic (exact) mass is 843 g/mol. The minimum atomic E-state index is -0.498. The molecule has 0 atom stereocenters. The Morgan fingerprint density at radius 3 is 1.51 bits per heavy atom. The van der Waals surface area contributed by atoms with Crippen LogP contribution in [-0.2, 0) is 5.41 Å². The third kappa shape index (κ3) is 6.06. The predicted octanol–water partition coefficient (Wildman–Crippen LogP) is 17.5. The summed E-state index contributed by atoms with van der Waals surface area (Å²) < 4.78 is 2.59. The lowest BCUT2D eigenvalue weighted by Gasteiger charge is -2.35. The third-order valence-corrected chi connectivity index (χ3v) is 14.8. The summed E-state index contributed by atoms with van der Waals surface area (Å²) in [5.74, 6) is 0. The highest BCUT2D eigenvalue weighted by Gasteiger charge is 2.46. The van der Waals surface area contributed by atoms with Gasteiger partial charge in [0.05, 0.1) is 5.41 Å². The van der Waals surface area contributed by atoms with Gasteiger partial charge in [-0.3, -0.25) is 0 Å². The summed E-state index contributed by atoms with van der Waals surface area (Å²) in [6.07, 6.45) is 0. The molecule has 0 amide bonds. The molecule has 65 heavy (non-hydrogen) atoms. The second kappa shape index (κ2) is 15.1. The fourth-order valence-electron chi connectivity index (χ4n) is 10.6. The van der Waals surface area contributed by atoms with Crippen molar-refractivity contribution < 1.29 is 0 Å². The van der Waals surface area contributed by atoms with E-state index in [0.29, 0.717) is 0 Å². The number of benzene rings is 11. The molecule has 0 saturated heterocycles. The van der Waals surface area contributed by atoms with Crippen molar-refractivity contribution in [2.75, 3.05) is 4.90 Å². The van der Waals surface area contributed by atoms with Crippen molar-refractivity contribution in [3.8, 4) is 33.4 Å². The molecule has 1 aliphatic rings. The van der Waals surface area contributed by atoms with Crippen molar-refractivity contribution in [2.45, 2.75) is 5.41 Å². The summed E-state index contributed by atoms with van der Waals surface area (Å²) in [7, 11) is 0. The minimum Gasteiger partial charge on any atom is -0.310 e. The van der Waals surface area contributed by atoms with Gasteiger partial charge in [0.2, 0.25) is 0 Å². The van der Waals surface area contributed by atoms with Gasteiger partial charge in [0.25, 0.3) is 0 Å². The van der Waals surface area contributed by atoms with Gasteiger partial charge in [0, 0.05) is 37.2 Å². The summed E-state index contributed by atoms with van der Waals surface area (Å²) in [6.45, 7) is 0. The van der Waals surface area contributed by atoms with Crippen LogP contribution in [0.25, 0.3) is 75.1 Å². The molecule has 1 aliphatic carbocycles. The van der Waals surface area contributed by atoms with E-state index in [1.807, 2.05) is 11.3 Å². The van der Waals surface area contributed by atoms with Gasteiger partial charge in [-0.2, -0.15) is 0 Å². The molecule has 0 unspecified atom stereocenters. The zero-order valence-corrected chi connectivity index (χ0v) is 36.3. The Hall–Kier alpha value is -8.04. The summed E-state index contributed by atoms with van der Waals surface area (Å²) >= 11 is 1.86. The quantitative estimate of drug-likeness (QED) is 0.154. The Kier molecular flexibility index (Phi) is 8.69. The lowest BCUT2D eigenvalue weighted by Crippen LogP contribution is -2.28. The Morgan fingerprint density at radius 2 is 0.785 bits per heavy atom. The van der Waals surface area contributed by atoms with Crippen molar-refractivity contribution in [1.82, 2.24) is 0 Å². The molecule has 1 nitrogen and oxygen atoms in total. The van der Waals surface area contributed by atoms with Crippen LogP contribution in [0.5, 0.6) is 0 Å². The average Bonchev–Trinajstić information content (AvgIpc) is 3.90. The van der Waals surface area contributed by atoms with Crippen LogP contribution in [0.4, 0.5) is 17.1 Å². The van der Waals surface area contributed by atoms with E-state index in [2.05, 4.69) is 254 Å². The van der Waals surface area contributed by atoms with Gasteiger partial charge >= 0.3 is 0 Å². The highest BCUT2D eigenvalue weighted by Crippen LogP contribution is 2.57. The van der Waals surface area contributed by atoms with Crippen LogP contribution < -0.4 is 4.90 Å². The second-order valence-corrected chi connectivity index (χ2v) is 18.3. The van der Waals surface area contributed by atoms with Gasteiger partial charge in [0.15, 0.2) is 0 Å². The molecule has 2 heteroatoms. The van der Waals surface area contributed by atoms with E-state index in [1.165, 1.54) is 97.4 Å². The van der Waals surface area contributed by atoms with E-state index in [-0.39, 0.29) is 0 Å². The van der Waals surface area contributed by atoms with Gasteiger partial charge < -0.3 is 4.90 Å². The minimum absolute atomic E-state index is 0.498. The molecular formula is C63H41NS. The van der Waals surface area contributed by atoms with E-state index in [1.54, 1.807) is 0 Å². The first-order valence-corrected chi connectivity index (χ1v) is 23.2. The molecule has 13 rings (SSSR count). The standard InChI is InChI=1S/C63H41NS/c1-3-15-50(16-4-1)63(51-17-5-2-6-18-51)59-21-11-9-19-55(59)56-35-33-53(40-60(56)63)64(54-34-36-58-57-20-10-12-22-61(57)65-62(58)41-54)52-31-29-43(30-32-52)45-25-26-48-39-49(28-27-47(48)38-45)46-24-23-42-13-7-8-14-44(42)37-46/h1-41H. The third-order valence-electron chi connectivity index (χ3n) is 13.7. The number of thiophene rings is 1. The van der Waals surface area contributed by atoms with E-state index >= 15 is 0 Å². The maximum Gasteiger partial charge on any atom is 0.0714 e. The van der Waals surface area contributed by atoms with Crippen LogP contribution in [0.1, 0.15) is 22.3 Å². The summed E-state index contributed by atoms with van der Waals surface area (Å²) in [6, 6.07) is 92.2. The van der Waals surface area contributed by atoms with E-state index in [4.69, 9.17) is 0 Å². The van der Waals surface area contributed by atoms with Crippen molar-refractivity contribution in [3.05, 3.63) is 271 Å². The van der Waals surface area contributed by atoms with Crippen molar-refractivity contribution >= 4 is 70.1 Å². The van der Waals surface area contributed by atoms with Gasteiger partial charge in [0.1, 0.15) is 0 Å². The number of nitrogens with zero attached hydrogens (tertiary/aromatic N) is 1. The van der Waals surface area contributed by atoms with Crippen LogP contribution in [0.15, 0.2) is 249 Å². The van der Waals surface area contributed by atoms with Gasteiger partial charge in [-0.05, 0) is 138 Å². The molecule has 0 fully saturated rings. The summed E-state index contributed by atoms with van der Waals surface area (Å²) in [4.78, 5) is 2.45. The van der Waals surface area contributed by atoms with Crippen molar-refractivity contribution in [2.24, 2.45) is 0 Å². The normalized spacial score (nSPS) is 12.7. The smallest absolute Gasteiger partial charge is 0.0714 e. The number of anilines is 3. The molecule has 11 aromatic carbocycles. The van der Waals surface area contributed by atoms with E-state index in [9.17, 15) is 0 Å². The first-order valence-electron chi connectivity index (χ1n) is 22.4. The Morgan fingerprint density at radius 1 is 0.292 bits per heavy atom. The maximum atomic E-state index is 2.47. The lowest BCUT2D eigenvalue weighted by atomic mass is 9.67. The molecule has 0 bridgehead atoms. The number of hydrogen-bond donors (Lipinski definition) is 0. The van der Waals surface area contributed by atoms with Crippen LogP contribution in [-0.4, -0.2) is 0 Å². The van der Waals surface area contributed by atoms with Crippen LogP contribution >= 0.6 is 11.3 Å². The second-order valence-electron chi connectivity index (χ2n) is 17.3. The van der Waals surface area contributed by atoms with Gasteiger partial charge in [-0.1, -0.05) is 188 Å². The van der Waals surface area contributed by atoms with E-state index in [0.717, 1.165) is 17.1 Å². The van der Waals surface area contributed by atoms with Gasteiger partial charge in [-0.25, -0.2) is 0 Å². The van der Waals surface area contributed by atoms with Gasteiger partial charge in [-0.15, -0.1) is 11.3 Å². The lowest BCUT2D eigenvalue weighted by molar-refractivity contribution is 0.768. The SMILES string of the molecule is c1ccc(C2(c3ccccc3)c3ccccc3-c3ccc(N(c4ccc(-c5ccc6cc(-c7ccc8ccccc8c7)ccc6c5)cc4)c4ccc5c(c4)sc4ccccc45)cc32)cc1. The highest BCUT2D eigenvalue weighted by molar-refractivity contribution is 7.25. The molecule has 1 aromatic heterocycles. The number of hydrogen-bond acceptors (Lipinski definition) is 2. The maximum absolute atomic E-state index is 2.47. The first-order chi connectivity index (χ1) is 32.2. The largest absolute Gasteiger partial charge is 0.310 e. The highest BCUT2D eigenvalue weighted by atomic mass is 32.1. The molecular weight excluding hydrogens is 803 g/mol. The predicted molar refractivity (Wildman–Crippen MR) is 277 cm³/mol. The summed E-state index contributed by atoms with van der Waals surface area (Å²) in [5, 5.41) is 7.59. The van der Waals surface area contributed by atoms with Crippen molar-refractivity contribution in [1.29, 1.82) is 0 Å². The Labute approximate surface area is 382 Å². The fraction of sp³-hybridized carbons (Fsp3) is 0.0159. The molecule has 0 spiro atoms.